The zero-order chi connectivity index (χ0) is 19.6. The van der Waals surface area contributed by atoms with Crippen LogP contribution in [0, 0.1) is 5.92 Å². The molecule has 1 aliphatic heterocycles. The minimum atomic E-state index is -0.0197. The molecule has 4 aromatic rings. The fourth-order valence-electron chi connectivity index (χ4n) is 3.81. The number of fused-ring (bicyclic) bond motifs is 1. The summed E-state index contributed by atoms with van der Waals surface area (Å²) in [6.45, 7) is 1.40. The number of para-hydroxylation sites is 1. The lowest BCUT2D eigenvalue weighted by molar-refractivity contribution is 0.0781. The van der Waals surface area contributed by atoms with Crippen molar-refractivity contribution in [2.45, 2.75) is 12.8 Å². The SMILES string of the molecule is O=C(c1ccc2ccccc2n1)N1CCC(Cc2nnc(-c3ccccc3)o2)C1. The Balaban J connectivity index is 1.25. The van der Waals surface area contributed by atoms with Crippen LogP contribution in [0.2, 0.25) is 0 Å². The lowest BCUT2D eigenvalue weighted by atomic mass is 10.1. The van der Waals surface area contributed by atoms with Crippen LogP contribution >= 0.6 is 0 Å². The number of amides is 1. The Morgan fingerprint density at radius 1 is 1.00 bits per heavy atom. The summed E-state index contributed by atoms with van der Waals surface area (Å²) in [5.74, 6) is 1.44. The van der Waals surface area contributed by atoms with E-state index in [1.165, 1.54) is 0 Å². The first-order valence-corrected chi connectivity index (χ1v) is 9.79. The Morgan fingerprint density at radius 2 is 1.83 bits per heavy atom. The number of benzene rings is 2. The highest BCUT2D eigenvalue weighted by molar-refractivity contribution is 5.95. The standard InChI is InChI=1S/C23H20N4O2/c28-23(20-11-10-17-6-4-5-9-19(17)24-20)27-13-12-16(15-27)14-21-25-26-22(29-21)18-7-2-1-3-8-18/h1-11,16H,12-15H2. The molecule has 0 N–H and O–H groups in total. The van der Waals surface area contributed by atoms with Gasteiger partial charge in [-0.25, -0.2) is 4.98 Å². The van der Waals surface area contributed by atoms with Gasteiger partial charge in [-0.3, -0.25) is 4.79 Å². The molecular weight excluding hydrogens is 364 g/mol. The molecule has 0 saturated carbocycles. The number of nitrogens with zero attached hydrogens (tertiary/aromatic N) is 4. The zero-order valence-electron chi connectivity index (χ0n) is 15.9. The van der Waals surface area contributed by atoms with Crippen LogP contribution in [0.5, 0.6) is 0 Å². The molecule has 6 nitrogen and oxygen atoms in total. The molecule has 2 aromatic heterocycles. The molecule has 2 aromatic carbocycles. The smallest absolute Gasteiger partial charge is 0.272 e. The van der Waals surface area contributed by atoms with E-state index in [4.69, 9.17) is 4.42 Å². The number of carbonyl (C=O) groups excluding carboxylic acids is 1. The lowest BCUT2D eigenvalue weighted by Crippen LogP contribution is -2.29. The Kier molecular flexibility index (Phi) is 4.52. The van der Waals surface area contributed by atoms with Gasteiger partial charge in [0.1, 0.15) is 5.69 Å². The Bertz CT molecular complexity index is 1160. The van der Waals surface area contributed by atoms with Gasteiger partial charge in [0, 0.05) is 30.5 Å². The van der Waals surface area contributed by atoms with E-state index in [0.29, 0.717) is 36.4 Å². The van der Waals surface area contributed by atoms with Crippen molar-refractivity contribution in [1.82, 2.24) is 20.1 Å². The molecule has 3 heterocycles. The second kappa shape index (κ2) is 7.47. The predicted octanol–water partition coefficient (Wildman–Crippen LogP) is 3.99. The van der Waals surface area contributed by atoms with Crippen molar-refractivity contribution in [3.63, 3.8) is 0 Å². The van der Waals surface area contributed by atoms with E-state index < -0.39 is 0 Å². The van der Waals surface area contributed by atoms with Crippen LogP contribution in [-0.2, 0) is 6.42 Å². The van der Waals surface area contributed by atoms with Crippen molar-refractivity contribution in [2.24, 2.45) is 5.92 Å². The van der Waals surface area contributed by atoms with Gasteiger partial charge in [-0.1, -0.05) is 42.5 Å². The maximum atomic E-state index is 12.9. The number of pyridine rings is 1. The van der Waals surface area contributed by atoms with E-state index in [-0.39, 0.29) is 5.91 Å². The maximum absolute atomic E-state index is 12.9. The second-order valence-corrected chi connectivity index (χ2v) is 7.37. The van der Waals surface area contributed by atoms with Gasteiger partial charge in [0.25, 0.3) is 5.91 Å². The molecule has 5 rings (SSSR count). The van der Waals surface area contributed by atoms with E-state index in [2.05, 4.69) is 15.2 Å². The predicted molar refractivity (Wildman–Crippen MR) is 109 cm³/mol. The molecule has 1 unspecified atom stereocenters. The fraction of sp³-hybridized carbons (Fsp3) is 0.217. The minimum absolute atomic E-state index is 0.0197. The van der Waals surface area contributed by atoms with Gasteiger partial charge >= 0.3 is 0 Å². The summed E-state index contributed by atoms with van der Waals surface area (Å²) < 4.78 is 5.82. The van der Waals surface area contributed by atoms with Crippen LogP contribution in [0.25, 0.3) is 22.4 Å². The van der Waals surface area contributed by atoms with Crippen LogP contribution in [0.3, 0.4) is 0 Å². The van der Waals surface area contributed by atoms with Gasteiger partial charge in [-0.15, -0.1) is 10.2 Å². The van der Waals surface area contributed by atoms with Crippen molar-refractivity contribution in [3.8, 4) is 11.5 Å². The van der Waals surface area contributed by atoms with Crippen molar-refractivity contribution in [1.29, 1.82) is 0 Å². The third-order valence-electron chi connectivity index (χ3n) is 5.34. The summed E-state index contributed by atoms with van der Waals surface area (Å²) >= 11 is 0. The number of aromatic nitrogens is 3. The van der Waals surface area contributed by atoms with Gasteiger partial charge in [0.2, 0.25) is 11.8 Å². The molecule has 144 valence electrons. The van der Waals surface area contributed by atoms with E-state index in [0.717, 1.165) is 29.4 Å². The Morgan fingerprint density at radius 3 is 2.72 bits per heavy atom. The molecule has 1 aliphatic rings. The Hall–Kier alpha value is -3.54. The van der Waals surface area contributed by atoms with Gasteiger partial charge in [-0.05, 0) is 36.6 Å². The summed E-state index contributed by atoms with van der Waals surface area (Å²) in [5, 5.41) is 9.37. The second-order valence-electron chi connectivity index (χ2n) is 7.37. The molecule has 6 heteroatoms. The van der Waals surface area contributed by atoms with Crippen LogP contribution in [0.15, 0.2) is 71.1 Å². The third kappa shape index (κ3) is 3.61. The first-order valence-electron chi connectivity index (χ1n) is 9.79. The van der Waals surface area contributed by atoms with Crippen molar-refractivity contribution < 1.29 is 9.21 Å². The summed E-state index contributed by atoms with van der Waals surface area (Å²) in [4.78, 5) is 19.3. The molecule has 29 heavy (non-hydrogen) atoms. The molecule has 1 atom stereocenters. The molecule has 1 saturated heterocycles. The molecular formula is C23H20N4O2. The van der Waals surface area contributed by atoms with Gasteiger partial charge in [0.15, 0.2) is 0 Å². The molecule has 0 spiro atoms. The first kappa shape index (κ1) is 17.6. The van der Waals surface area contributed by atoms with E-state index >= 15 is 0 Å². The van der Waals surface area contributed by atoms with Crippen molar-refractivity contribution in [3.05, 3.63) is 78.3 Å². The number of hydrogen-bond acceptors (Lipinski definition) is 5. The average Bonchev–Trinajstić information content (AvgIpc) is 3.44. The largest absolute Gasteiger partial charge is 0.421 e. The topological polar surface area (TPSA) is 72.1 Å². The van der Waals surface area contributed by atoms with Crippen molar-refractivity contribution >= 4 is 16.8 Å². The van der Waals surface area contributed by atoms with E-state index in [1.807, 2.05) is 71.6 Å². The first-order chi connectivity index (χ1) is 14.3. The van der Waals surface area contributed by atoms with E-state index in [1.54, 1.807) is 0 Å². The third-order valence-corrected chi connectivity index (χ3v) is 5.34. The molecule has 0 radical (unpaired) electrons. The van der Waals surface area contributed by atoms with Crippen LogP contribution in [0.4, 0.5) is 0 Å². The Labute approximate surface area is 168 Å². The number of rotatable bonds is 4. The normalized spacial score (nSPS) is 16.4. The summed E-state index contributed by atoms with van der Waals surface area (Å²) in [6, 6.07) is 21.3. The summed E-state index contributed by atoms with van der Waals surface area (Å²) in [5.41, 5.74) is 2.25. The minimum Gasteiger partial charge on any atom is -0.421 e. The average molecular weight is 384 g/mol. The van der Waals surface area contributed by atoms with Gasteiger partial charge < -0.3 is 9.32 Å². The zero-order valence-corrected chi connectivity index (χ0v) is 15.9. The van der Waals surface area contributed by atoms with E-state index in [9.17, 15) is 4.79 Å². The summed E-state index contributed by atoms with van der Waals surface area (Å²) in [6.07, 6.45) is 1.59. The highest BCUT2D eigenvalue weighted by Gasteiger charge is 2.29. The quantitative estimate of drug-likeness (QED) is 0.532. The highest BCUT2D eigenvalue weighted by atomic mass is 16.4. The molecule has 1 amide bonds. The van der Waals surface area contributed by atoms with Gasteiger partial charge in [0.05, 0.1) is 5.52 Å². The van der Waals surface area contributed by atoms with Crippen molar-refractivity contribution in [2.75, 3.05) is 13.1 Å². The van der Waals surface area contributed by atoms with Crippen LogP contribution < -0.4 is 0 Å². The number of hydrogen-bond donors (Lipinski definition) is 0. The highest BCUT2D eigenvalue weighted by Crippen LogP contribution is 2.24. The van der Waals surface area contributed by atoms with Gasteiger partial charge in [-0.2, -0.15) is 0 Å². The number of carbonyl (C=O) groups is 1. The number of likely N-dealkylation sites (tertiary alicyclic amines) is 1. The maximum Gasteiger partial charge on any atom is 0.272 e. The monoisotopic (exact) mass is 384 g/mol. The summed E-state index contributed by atoms with van der Waals surface area (Å²) in [7, 11) is 0. The van der Waals surface area contributed by atoms with Crippen LogP contribution in [0.1, 0.15) is 22.8 Å². The van der Waals surface area contributed by atoms with Crippen LogP contribution in [-0.4, -0.2) is 39.1 Å². The lowest BCUT2D eigenvalue weighted by Gasteiger charge is -2.16. The fourth-order valence-corrected chi connectivity index (χ4v) is 3.81. The molecule has 1 fully saturated rings. The molecule has 0 bridgehead atoms. The molecule has 0 aliphatic carbocycles.